The number of nitrogens with one attached hydrogen (secondary N) is 1. The summed E-state index contributed by atoms with van der Waals surface area (Å²) in [5.74, 6) is 1.63. The summed E-state index contributed by atoms with van der Waals surface area (Å²) in [4.78, 5) is 14.4. The van der Waals surface area contributed by atoms with Crippen molar-refractivity contribution in [2.75, 3.05) is 36.9 Å². The molecule has 2 saturated heterocycles. The van der Waals surface area contributed by atoms with Gasteiger partial charge in [-0.15, -0.1) is 11.8 Å². The van der Waals surface area contributed by atoms with E-state index < -0.39 is 9.84 Å². The molecule has 2 aliphatic heterocycles. The van der Waals surface area contributed by atoms with Crippen LogP contribution in [-0.2, 0) is 14.6 Å². The average Bonchev–Trinajstić information content (AvgIpc) is 2.82. The molecule has 0 aromatic heterocycles. The molecule has 2 heterocycles. The molecule has 2 rings (SSSR count). The van der Waals surface area contributed by atoms with Gasteiger partial charge in [-0.25, -0.2) is 8.42 Å². The lowest BCUT2D eigenvalue weighted by molar-refractivity contribution is -0.118. The molecule has 1 amide bonds. The van der Waals surface area contributed by atoms with Crippen LogP contribution in [0.25, 0.3) is 0 Å². The third-order valence-electron chi connectivity index (χ3n) is 4.55. The predicted molar refractivity (Wildman–Crippen MR) is 92.0 cm³/mol. The van der Waals surface area contributed by atoms with Crippen molar-refractivity contribution in [3.63, 3.8) is 0 Å². The average molecular weight is 349 g/mol. The van der Waals surface area contributed by atoms with Crippen LogP contribution in [0.5, 0.6) is 0 Å². The molecule has 0 aliphatic carbocycles. The summed E-state index contributed by atoms with van der Waals surface area (Å²) in [5, 5.41) is 3.08. The normalized spacial score (nSPS) is 30.1. The smallest absolute Gasteiger partial charge is 0.230 e. The van der Waals surface area contributed by atoms with E-state index in [1.807, 2.05) is 0 Å². The third-order valence-corrected chi connectivity index (χ3v) is 7.83. The van der Waals surface area contributed by atoms with Gasteiger partial charge in [0.2, 0.25) is 5.91 Å². The molecule has 0 spiro atoms. The van der Waals surface area contributed by atoms with Crippen LogP contribution in [0, 0.1) is 5.92 Å². The lowest BCUT2D eigenvalue weighted by Crippen LogP contribution is -2.46. The number of hydrogen-bond acceptors (Lipinski definition) is 5. The SMILES string of the molecule is C[C@@H]1CCCN([C@H](C)CNC(=O)CS[C@H]2CCS(=O)(=O)C2)C1. The van der Waals surface area contributed by atoms with Crippen LogP contribution in [0.3, 0.4) is 0 Å². The summed E-state index contributed by atoms with van der Waals surface area (Å²) in [7, 11) is -2.85. The molecule has 0 bridgehead atoms. The van der Waals surface area contributed by atoms with Crippen molar-refractivity contribution in [2.24, 2.45) is 5.92 Å². The maximum atomic E-state index is 11.9. The highest BCUT2D eigenvalue weighted by atomic mass is 32.2. The second-order valence-electron chi connectivity index (χ2n) is 6.73. The predicted octanol–water partition coefficient (Wildman–Crippen LogP) is 1.14. The quantitative estimate of drug-likeness (QED) is 0.780. The van der Waals surface area contributed by atoms with Crippen LogP contribution in [0.1, 0.15) is 33.1 Å². The number of sulfone groups is 1. The summed E-state index contributed by atoms with van der Waals surface area (Å²) in [6.07, 6.45) is 3.23. The maximum absolute atomic E-state index is 11.9. The van der Waals surface area contributed by atoms with Crippen molar-refractivity contribution in [3.8, 4) is 0 Å². The van der Waals surface area contributed by atoms with Gasteiger partial charge in [0, 0.05) is 24.4 Å². The van der Waals surface area contributed by atoms with Crippen LogP contribution in [0.2, 0.25) is 0 Å². The molecule has 7 heteroatoms. The van der Waals surface area contributed by atoms with Crippen molar-refractivity contribution in [3.05, 3.63) is 0 Å². The fourth-order valence-corrected chi connectivity index (χ4v) is 6.63. The van der Waals surface area contributed by atoms with Crippen LogP contribution < -0.4 is 5.32 Å². The van der Waals surface area contributed by atoms with Gasteiger partial charge in [-0.3, -0.25) is 9.69 Å². The van der Waals surface area contributed by atoms with Gasteiger partial charge in [0.15, 0.2) is 9.84 Å². The molecule has 0 saturated carbocycles. The molecule has 0 aromatic carbocycles. The zero-order valence-electron chi connectivity index (χ0n) is 13.6. The number of likely N-dealkylation sites (tertiary alicyclic amines) is 1. The number of thioether (sulfide) groups is 1. The summed E-state index contributed by atoms with van der Waals surface area (Å²) >= 11 is 1.48. The van der Waals surface area contributed by atoms with Crippen LogP contribution in [-0.4, -0.2) is 67.4 Å². The molecule has 5 nitrogen and oxygen atoms in total. The van der Waals surface area contributed by atoms with E-state index in [-0.39, 0.29) is 22.7 Å². The van der Waals surface area contributed by atoms with E-state index >= 15 is 0 Å². The van der Waals surface area contributed by atoms with E-state index in [0.29, 0.717) is 24.8 Å². The van der Waals surface area contributed by atoms with E-state index in [2.05, 4.69) is 24.1 Å². The van der Waals surface area contributed by atoms with E-state index in [4.69, 9.17) is 0 Å². The fraction of sp³-hybridized carbons (Fsp3) is 0.933. The number of rotatable bonds is 6. The molecular formula is C15H28N2O3S2. The zero-order chi connectivity index (χ0) is 16.2. The van der Waals surface area contributed by atoms with Gasteiger partial charge < -0.3 is 5.32 Å². The van der Waals surface area contributed by atoms with Gasteiger partial charge in [-0.1, -0.05) is 6.92 Å². The molecule has 1 N–H and O–H groups in total. The van der Waals surface area contributed by atoms with Gasteiger partial charge in [0.05, 0.1) is 17.3 Å². The summed E-state index contributed by atoms with van der Waals surface area (Å²) < 4.78 is 22.8. The van der Waals surface area contributed by atoms with Gasteiger partial charge >= 0.3 is 0 Å². The molecule has 2 fully saturated rings. The monoisotopic (exact) mass is 348 g/mol. The van der Waals surface area contributed by atoms with Gasteiger partial charge in [-0.05, 0) is 38.6 Å². The van der Waals surface area contributed by atoms with Crippen molar-refractivity contribution < 1.29 is 13.2 Å². The summed E-state index contributed by atoms with van der Waals surface area (Å²) in [5.41, 5.74) is 0. The minimum absolute atomic E-state index is 0.0196. The van der Waals surface area contributed by atoms with E-state index in [9.17, 15) is 13.2 Å². The maximum Gasteiger partial charge on any atom is 0.230 e. The minimum atomic E-state index is -2.85. The lowest BCUT2D eigenvalue weighted by Gasteiger charge is -2.35. The largest absolute Gasteiger partial charge is 0.354 e. The highest BCUT2D eigenvalue weighted by molar-refractivity contribution is 8.02. The highest BCUT2D eigenvalue weighted by Gasteiger charge is 2.28. The topological polar surface area (TPSA) is 66.5 Å². The van der Waals surface area contributed by atoms with E-state index in [0.717, 1.165) is 19.0 Å². The Hall–Kier alpha value is -0.270. The van der Waals surface area contributed by atoms with Crippen molar-refractivity contribution in [1.82, 2.24) is 10.2 Å². The molecule has 2 aliphatic rings. The van der Waals surface area contributed by atoms with Gasteiger partial charge in [0.1, 0.15) is 0 Å². The number of nitrogens with zero attached hydrogens (tertiary/aromatic N) is 1. The molecular weight excluding hydrogens is 320 g/mol. The second kappa shape index (κ2) is 8.02. The third kappa shape index (κ3) is 5.74. The number of amides is 1. The number of carbonyl (C=O) groups is 1. The molecule has 128 valence electrons. The molecule has 0 unspecified atom stereocenters. The summed E-state index contributed by atoms with van der Waals surface area (Å²) in [6, 6.07) is 0.364. The Balaban J connectivity index is 1.63. The second-order valence-corrected chi connectivity index (χ2v) is 10.2. The Labute approximate surface area is 138 Å². The van der Waals surface area contributed by atoms with Crippen LogP contribution in [0.4, 0.5) is 0 Å². The Morgan fingerprint density at radius 2 is 2.18 bits per heavy atom. The Bertz CT molecular complexity index is 481. The first-order chi connectivity index (χ1) is 10.4. The molecule has 0 aromatic rings. The first-order valence-corrected chi connectivity index (χ1v) is 11.1. The molecule has 22 heavy (non-hydrogen) atoms. The highest BCUT2D eigenvalue weighted by Crippen LogP contribution is 2.24. The van der Waals surface area contributed by atoms with Crippen molar-refractivity contribution >= 4 is 27.5 Å². The van der Waals surface area contributed by atoms with Crippen molar-refractivity contribution in [1.29, 1.82) is 0 Å². The molecule has 3 atom stereocenters. The number of carbonyl (C=O) groups excluding carboxylic acids is 1. The fourth-order valence-electron chi connectivity index (χ4n) is 3.15. The van der Waals surface area contributed by atoms with E-state index in [1.165, 1.54) is 24.6 Å². The van der Waals surface area contributed by atoms with Crippen molar-refractivity contribution in [2.45, 2.75) is 44.4 Å². The van der Waals surface area contributed by atoms with Crippen LogP contribution >= 0.6 is 11.8 Å². The Kier molecular flexibility index (Phi) is 6.58. The molecule has 0 radical (unpaired) electrons. The van der Waals surface area contributed by atoms with Gasteiger partial charge in [0.25, 0.3) is 0 Å². The lowest BCUT2D eigenvalue weighted by atomic mass is 9.99. The van der Waals surface area contributed by atoms with Crippen LogP contribution in [0.15, 0.2) is 0 Å². The van der Waals surface area contributed by atoms with E-state index in [1.54, 1.807) is 0 Å². The summed E-state index contributed by atoms with van der Waals surface area (Å²) in [6.45, 7) is 7.36. The minimum Gasteiger partial charge on any atom is -0.354 e. The first kappa shape index (κ1) is 18.1. The Morgan fingerprint density at radius 3 is 2.82 bits per heavy atom. The Morgan fingerprint density at radius 1 is 1.41 bits per heavy atom. The van der Waals surface area contributed by atoms with Gasteiger partial charge in [-0.2, -0.15) is 0 Å². The number of hydrogen-bond donors (Lipinski definition) is 1. The first-order valence-electron chi connectivity index (χ1n) is 8.18. The zero-order valence-corrected chi connectivity index (χ0v) is 15.2. The number of piperidine rings is 1. The standard InChI is InChI=1S/C15H28N2O3S2/c1-12-4-3-6-17(9-12)13(2)8-16-15(18)10-21-14-5-7-22(19,20)11-14/h12-14H,3-11H2,1-2H3,(H,16,18)/t12-,13-,14+/m1/s1.